The van der Waals surface area contributed by atoms with Crippen LogP contribution in [0.1, 0.15) is 258 Å². The van der Waals surface area contributed by atoms with Gasteiger partial charge >= 0.3 is 19.8 Å². The number of ether oxygens (including phenoxy) is 2. The van der Waals surface area contributed by atoms with Crippen LogP contribution in [0.25, 0.3) is 0 Å². The van der Waals surface area contributed by atoms with Crippen LogP contribution in [0, 0.1) is 0 Å². The van der Waals surface area contributed by atoms with Crippen molar-refractivity contribution in [2.75, 3.05) is 26.4 Å². The van der Waals surface area contributed by atoms with E-state index in [9.17, 15) is 24.2 Å². The Labute approximate surface area is 375 Å². The summed E-state index contributed by atoms with van der Waals surface area (Å²) in [7, 11) is -4.62. The fourth-order valence-corrected chi connectivity index (χ4v) is 8.25. The fourth-order valence-electron chi connectivity index (χ4n) is 7.46. The maximum absolute atomic E-state index is 12.7. The Hall–Kier alpha value is -1.29. The van der Waals surface area contributed by atoms with Gasteiger partial charge in [0.2, 0.25) is 0 Å². The number of hydrogen-bond donors (Lipinski definition) is 3. The third-order valence-corrected chi connectivity index (χ3v) is 12.4. The highest BCUT2D eigenvalue weighted by Crippen LogP contribution is 2.43. The number of esters is 2. The number of carbonyl (C=O) groups is 2. The lowest BCUT2D eigenvalue weighted by Gasteiger charge is -2.20. The van der Waals surface area contributed by atoms with E-state index in [1.807, 2.05) is 0 Å². The Bertz CT molecular complexity index is 1020. The first-order chi connectivity index (χ1) is 29.7. The molecule has 11 heteroatoms. The number of phosphoric ester groups is 1. The lowest BCUT2D eigenvalue weighted by molar-refractivity contribution is -0.161. The normalized spacial score (nSPS) is 13.7. The van der Waals surface area contributed by atoms with Crippen molar-refractivity contribution >= 4 is 19.8 Å². The zero-order valence-corrected chi connectivity index (χ0v) is 40.5. The van der Waals surface area contributed by atoms with E-state index in [1.54, 1.807) is 0 Å². The van der Waals surface area contributed by atoms with Gasteiger partial charge in [-0.05, 0) is 38.5 Å². The molecule has 3 unspecified atom stereocenters. The van der Waals surface area contributed by atoms with Gasteiger partial charge in [0.15, 0.2) is 6.10 Å². The van der Waals surface area contributed by atoms with E-state index in [0.717, 1.165) is 51.4 Å². The molecule has 3 N–H and O–H groups in total. The Morgan fingerprint density at radius 1 is 0.475 bits per heavy atom. The first kappa shape index (κ1) is 59.7. The summed E-state index contributed by atoms with van der Waals surface area (Å²) in [6, 6.07) is 0. The molecule has 0 saturated carbocycles. The average Bonchev–Trinajstić information content (AvgIpc) is 3.25. The van der Waals surface area contributed by atoms with Crippen molar-refractivity contribution in [1.82, 2.24) is 0 Å². The Morgan fingerprint density at radius 3 is 1.18 bits per heavy atom. The molecule has 0 aliphatic heterocycles. The zero-order valence-electron chi connectivity index (χ0n) is 39.7. The predicted octanol–water partition coefficient (Wildman–Crippen LogP) is 14.3. The van der Waals surface area contributed by atoms with Gasteiger partial charge in [0.25, 0.3) is 0 Å². The van der Waals surface area contributed by atoms with Gasteiger partial charge in [-0.2, -0.15) is 0 Å². The van der Waals surface area contributed by atoms with Crippen LogP contribution in [0.2, 0.25) is 0 Å². The first-order valence-corrected chi connectivity index (χ1v) is 27.1. The number of unbranched alkanes of at least 4 members (excludes halogenated alkanes) is 33. The van der Waals surface area contributed by atoms with Crippen LogP contribution >= 0.6 is 7.82 Å². The number of rotatable bonds is 49. The van der Waals surface area contributed by atoms with Crippen LogP contribution in [-0.4, -0.2) is 65.7 Å². The van der Waals surface area contributed by atoms with Crippen molar-refractivity contribution in [3.05, 3.63) is 12.2 Å². The molecule has 0 spiro atoms. The van der Waals surface area contributed by atoms with Crippen LogP contribution in [-0.2, 0) is 32.7 Å². The number of carbonyl (C=O) groups excluding carboxylic acids is 2. The molecule has 0 aromatic heterocycles. The summed E-state index contributed by atoms with van der Waals surface area (Å²) in [5.74, 6) is -0.918. The van der Waals surface area contributed by atoms with Crippen molar-refractivity contribution in [1.29, 1.82) is 0 Å². The SMILES string of the molecule is CCCCCCCCC/C=C\CCCCCCCC(=O)OC(COC(=O)CCCCCCCCCCCCCCCCCCCCCCCC)COP(=O)(O)OCC(O)CO. The average molecular weight is 889 g/mol. The molecule has 0 fully saturated rings. The van der Waals surface area contributed by atoms with Gasteiger partial charge in [0, 0.05) is 12.8 Å². The molecule has 0 bridgehead atoms. The van der Waals surface area contributed by atoms with Gasteiger partial charge in [-0.1, -0.05) is 219 Å². The van der Waals surface area contributed by atoms with E-state index >= 15 is 0 Å². The first-order valence-electron chi connectivity index (χ1n) is 25.6. The smallest absolute Gasteiger partial charge is 0.462 e. The van der Waals surface area contributed by atoms with E-state index in [0.29, 0.717) is 12.8 Å². The zero-order chi connectivity index (χ0) is 44.8. The van der Waals surface area contributed by atoms with Crippen LogP contribution in [0.15, 0.2) is 12.2 Å². The molecule has 0 rings (SSSR count). The van der Waals surface area contributed by atoms with Crippen molar-refractivity contribution in [2.24, 2.45) is 0 Å². The summed E-state index contributed by atoms with van der Waals surface area (Å²) in [5, 5.41) is 18.4. The summed E-state index contributed by atoms with van der Waals surface area (Å²) in [6.45, 7) is 2.42. The molecule has 0 radical (unpaired) electrons. The second-order valence-corrected chi connectivity index (χ2v) is 19.0. The van der Waals surface area contributed by atoms with E-state index in [1.165, 1.54) is 167 Å². The van der Waals surface area contributed by atoms with Crippen molar-refractivity contribution < 1.29 is 47.8 Å². The lowest BCUT2D eigenvalue weighted by Crippen LogP contribution is -2.29. The number of phosphoric acid groups is 1. The monoisotopic (exact) mass is 889 g/mol. The van der Waals surface area contributed by atoms with Gasteiger partial charge in [-0.25, -0.2) is 4.57 Å². The molecule has 0 aromatic carbocycles. The minimum atomic E-state index is -4.62. The molecule has 61 heavy (non-hydrogen) atoms. The standard InChI is InChI=1S/C50H97O10P/c1-3-5-7-9-11-13-15-17-19-21-22-23-24-25-26-28-29-31-33-35-37-39-41-49(53)57-45-48(46-59-61(55,56)58-44-47(52)43-51)60-50(54)42-40-38-36-34-32-30-27-20-18-16-14-12-10-8-6-4-2/h20,27,47-48,51-52H,3-19,21-26,28-46H2,1-2H3,(H,55,56)/b27-20-. The van der Waals surface area contributed by atoms with Crippen LogP contribution < -0.4 is 0 Å². The summed E-state index contributed by atoms with van der Waals surface area (Å²) >= 11 is 0. The molecule has 10 nitrogen and oxygen atoms in total. The van der Waals surface area contributed by atoms with Gasteiger partial charge in [-0.15, -0.1) is 0 Å². The fraction of sp³-hybridized carbons (Fsp3) is 0.920. The molecule has 3 atom stereocenters. The Kier molecular flexibility index (Phi) is 45.7. The van der Waals surface area contributed by atoms with E-state index in [4.69, 9.17) is 23.6 Å². The Balaban J connectivity index is 4.12. The lowest BCUT2D eigenvalue weighted by atomic mass is 10.0. The van der Waals surface area contributed by atoms with Crippen LogP contribution in [0.3, 0.4) is 0 Å². The number of aliphatic hydroxyl groups excluding tert-OH is 2. The van der Waals surface area contributed by atoms with Gasteiger partial charge < -0.3 is 24.6 Å². The van der Waals surface area contributed by atoms with Crippen molar-refractivity contribution in [3.63, 3.8) is 0 Å². The van der Waals surface area contributed by atoms with E-state index in [2.05, 4.69) is 26.0 Å². The molecule has 0 aromatic rings. The molecule has 0 aliphatic rings. The molecule has 0 amide bonds. The largest absolute Gasteiger partial charge is 0.472 e. The molecular weight excluding hydrogens is 792 g/mol. The second-order valence-electron chi connectivity index (χ2n) is 17.6. The molecule has 362 valence electrons. The maximum Gasteiger partial charge on any atom is 0.472 e. The highest BCUT2D eigenvalue weighted by molar-refractivity contribution is 7.47. The molecule has 0 heterocycles. The highest BCUT2D eigenvalue weighted by atomic mass is 31.2. The topological polar surface area (TPSA) is 149 Å². The third-order valence-electron chi connectivity index (χ3n) is 11.4. The van der Waals surface area contributed by atoms with E-state index in [-0.39, 0.29) is 19.4 Å². The summed E-state index contributed by atoms with van der Waals surface area (Å²) in [4.78, 5) is 35.1. The van der Waals surface area contributed by atoms with Crippen molar-refractivity contribution in [3.8, 4) is 0 Å². The second kappa shape index (κ2) is 46.7. The maximum atomic E-state index is 12.7. The van der Waals surface area contributed by atoms with Gasteiger partial charge in [0.05, 0.1) is 19.8 Å². The summed E-state index contributed by atoms with van der Waals surface area (Å²) in [5.41, 5.74) is 0. The minimum Gasteiger partial charge on any atom is -0.462 e. The quantitative estimate of drug-likeness (QED) is 0.0233. The number of allylic oxidation sites excluding steroid dienone is 2. The van der Waals surface area contributed by atoms with Crippen LogP contribution in [0.4, 0.5) is 0 Å². The number of hydrogen-bond acceptors (Lipinski definition) is 9. The van der Waals surface area contributed by atoms with Crippen LogP contribution in [0.5, 0.6) is 0 Å². The van der Waals surface area contributed by atoms with Crippen molar-refractivity contribution in [2.45, 2.75) is 270 Å². The Morgan fingerprint density at radius 2 is 0.803 bits per heavy atom. The molecular formula is C50H97O10P. The number of aliphatic hydroxyl groups is 2. The highest BCUT2D eigenvalue weighted by Gasteiger charge is 2.27. The van der Waals surface area contributed by atoms with Gasteiger partial charge in [-0.3, -0.25) is 18.6 Å². The summed E-state index contributed by atoms with van der Waals surface area (Å²) < 4.78 is 32.8. The molecule has 0 aliphatic carbocycles. The van der Waals surface area contributed by atoms with Gasteiger partial charge in [0.1, 0.15) is 12.7 Å². The molecule has 0 saturated heterocycles. The predicted molar refractivity (Wildman–Crippen MR) is 252 cm³/mol. The minimum absolute atomic E-state index is 0.179. The van der Waals surface area contributed by atoms with E-state index < -0.39 is 51.8 Å². The summed E-state index contributed by atoms with van der Waals surface area (Å²) in [6.07, 6.45) is 47.5. The third kappa shape index (κ3) is 46.5.